The van der Waals surface area contributed by atoms with E-state index in [1.165, 1.54) is 6.07 Å². The third-order valence-electron chi connectivity index (χ3n) is 6.28. The quantitative estimate of drug-likeness (QED) is 0.373. The van der Waals surface area contributed by atoms with Crippen molar-refractivity contribution in [3.63, 3.8) is 0 Å². The van der Waals surface area contributed by atoms with Gasteiger partial charge in [0.2, 0.25) is 0 Å². The van der Waals surface area contributed by atoms with Gasteiger partial charge in [0.15, 0.2) is 17.0 Å². The number of hydrogen-bond acceptors (Lipinski definition) is 8. The number of nitrogens with one attached hydrogen (secondary N) is 2. The normalized spacial score (nSPS) is 15.9. The second kappa shape index (κ2) is 10.5. The molecule has 0 aliphatic carbocycles. The van der Waals surface area contributed by atoms with Crippen LogP contribution in [0.25, 0.3) is 22.5 Å². The molecule has 1 aliphatic rings. The summed E-state index contributed by atoms with van der Waals surface area (Å²) < 4.78 is 21.0. The molecule has 0 spiro atoms. The monoisotopic (exact) mass is 505 g/mol. The molecule has 2 N–H and O–H groups in total. The predicted molar refractivity (Wildman–Crippen MR) is 138 cm³/mol. The average molecular weight is 506 g/mol. The molecule has 192 valence electrons. The molecular weight excluding hydrogens is 477 g/mol. The second-order valence-corrected chi connectivity index (χ2v) is 9.28. The molecule has 1 atom stereocenters. The average Bonchev–Trinajstić information content (AvgIpc) is 3.53. The number of anilines is 2. The molecule has 10 nitrogen and oxygen atoms in total. The van der Waals surface area contributed by atoms with Gasteiger partial charge in [0.1, 0.15) is 29.6 Å². The largest absolute Gasteiger partial charge is 0.451 e. The number of aromatic nitrogens is 4. The van der Waals surface area contributed by atoms with E-state index < -0.39 is 12.1 Å². The van der Waals surface area contributed by atoms with E-state index in [0.29, 0.717) is 61.0 Å². The van der Waals surface area contributed by atoms with Crippen molar-refractivity contribution in [2.45, 2.75) is 32.5 Å². The summed E-state index contributed by atoms with van der Waals surface area (Å²) in [6.45, 7) is 6.00. The van der Waals surface area contributed by atoms with Crippen molar-refractivity contribution >= 4 is 28.4 Å². The van der Waals surface area contributed by atoms with Crippen LogP contribution >= 0.6 is 0 Å². The number of nitrogens with zero attached hydrogens (tertiary/aromatic N) is 5. The number of carbonyl (C=O) groups excluding carboxylic acids is 1. The van der Waals surface area contributed by atoms with Gasteiger partial charge in [0.25, 0.3) is 5.91 Å². The Morgan fingerprint density at radius 1 is 1.24 bits per heavy atom. The van der Waals surface area contributed by atoms with Gasteiger partial charge in [-0.05, 0) is 44.5 Å². The van der Waals surface area contributed by atoms with Gasteiger partial charge in [-0.3, -0.25) is 14.5 Å². The SMILES string of the molecule is CC(C)n1cnnc1-c1cccc(Nc2cccc3oc(C(=O)NCCN4CCC(F)C4)cc(=O)c23)n1. The van der Waals surface area contributed by atoms with E-state index in [4.69, 9.17) is 4.42 Å². The third-order valence-corrected chi connectivity index (χ3v) is 6.28. The van der Waals surface area contributed by atoms with Gasteiger partial charge in [-0.1, -0.05) is 12.1 Å². The summed E-state index contributed by atoms with van der Waals surface area (Å²) in [5, 5.41) is 14.4. The molecule has 1 saturated heterocycles. The van der Waals surface area contributed by atoms with E-state index in [0.717, 1.165) is 0 Å². The lowest BCUT2D eigenvalue weighted by Crippen LogP contribution is -2.34. The molecule has 5 rings (SSSR count). The molecule has 0 bridgehead atoms. The summed E-state index contributed by atoms with van der Waals surface area (Å²) in [5.74, 6) is 0.590. The van der Waals surface area contributed by atoms with Gasteiger partial charge in [0, 0.05) is 38.3 Å². The zero-order valence-corrected chi connectivity index (χ0v) is 20.6. The molecule has 3 aromatic heterocycles. The number of likely N-dealkylation sites (tertiary alicyclic amines) is 1. The number of amides is 1. The van der Waals surface area contributed by atoms with Crippen LogP contribution in [0.15, 0.2) is 58.0 Å². The predicted octanol–water partition coefficient (Wildman–Crippen LogP) is 3.54. The van der Waals surface area contributed by atoms with Crippen LogP contribution < -0.4 is 16.1 Å². The first kappa shape index (κ1) is 24.6. The van der Waals surface area contributed by atoms with E-state index in [1.807, 2.05) is 35.4 Å². The Balaban J connectivity index is 1.35. The Morgan fingerprint density at radius 2 is 2.08 bits per heavy atom. The van der Waals surface area contributed by atoms with Crippen molar-refractivity contribution in [3.8, 4) is 11.5 Å². The Labute approximate surface area is 212 Å². The molecule has 1 fully saturated rings. The number of fused-ring (bicyclic) bond motifs is 1. The topological polar surface area (TPSA) is 118 Å². The van der Waals surface area contributed by atoms with Gasteiger partial charge in [-0.2, -0.15) is 0 Å². The molecule has 1 aliphatic heterocycles. The number of halogens is 1. The van der Waals surface area contributed by atoms with Gasteiger partial charge < -0.3 is 19.6 Å². The second-order valence-electron chi connectivity index (χ2n) is 9.28. The van der Waals surface area contributed by atoms with Crippen LogP contribution in [0, 0.1) is 0 Å². The molecule has 0 saturated carbocycles. The minimum atomic E-state index is -0.810. The van der Waals surface area contributed by atoms with Crippen molar-refractivity contribution in [2.75, 3.05) is 31.5 Å². The molecule has 11 heteroatoms. The van der Waals surface area contributed by atoms with Crippen molar-refractivity contribution in [1.82, 2.24) is 30.0 Å². The van der Waals surface area contributed by atoms with Crippen molar-refractivity contribution in [1.29, 1.82) is 0 Å². The van der Waals surface area contributed by atoms with E-state index in [9.17, 15) is 14.0 Å². The lowest BCUT2D eigenvalue weighted by Gasteiger charge is -2.14. The Kier molecular flexibility index (Phi) is 6.95. The Bertz CT molecular complexity index is 1480. The van der Waals surface area contributed by atoms with Crippen LogP contribution in [0.2, 0.25) is 0 Å². The first-order chi connectivity index (χ1) is 17.9. The highest BCUT2D eigenvalue weighted by atomic mass is 19.1. The van der Waals surface area contributed by atoms with Crippen molar-refractivity contribution in [3.05, 3.63) is 64.8 Å². The van der Waals surface area contributed by atoms with E-state index in [2.05, 4.69) is 25.8 Å². The minimum absolute atomic E-state index is 0.0763. The van der Waals surface area contributed by atoms with Gasteiger partial charge in [-0.25, -0.2) is 9.37 Å². The highest BCUT2D eigenvalue weighted by Crippen LogP contribution is 2.26. The van der Waals surface area contributed by atoms with Crippen LogP contribution in [0.1, 0.15) is 36.9 Å². The number of pyridine rings is 1. The highest BCUT2D eigenvalue weighted by Gasteiger charge is 2.21. The lowest BCUT2D eigenvalue weighted by molar-refractivity contribution is 0.0922. The number of alkyl halides is 1. The first-order valence-electron chi connectivity index (χ1n) is 12.2. The molecule has 4 aromatic rings. The summed E-state index contributed by atoms with van der Waals surface area (Å²) in [6, 6.07) is 11.9. The Morgan fingerprint density at radius 3 is 2.86 bits per heavy atom. The first-order valence-corrected chi connectivity index (χ1v) is 12.2. The van der Waals surface area contributed by atoms with Crippen LogP contribution in [-0.4, -0.2) is 62.9 Å². The van der Waals surface area contributed by atoms with Gasteiger partial charge >= 0.3 is 0 Å². The zero-order valence-electron chi connectivity index (χ0n) is 20.6. The maximum atomic E-state index is 13.3. The third kappa shape index (κ3) is 5.36. The van der Waals surface area contributed by atoms with E-state index in [1.54, 1.807) is 30.6 Å². The van der Waals surface area contributed by atoms with Crippen LogP contribution in [0.4, 0.5) is 15.9 Å². The zero-order chi connectivity index (χ0) is 25.9. The molecule has 1 amide bonds. The number of rotatable bonds is 8. The van der Waals surface area contributed by atoms with Crippen molar-refractivity contribution < 1.29 is 13.6 Å². The van der Waals surface area contributed by atoms with Crippen LogP contribution in [0.5, 0.6) is 0 Å². The standard InChI is InChI=1S/C26H28FN7O3/c1-16(2)34-15-29-32-25(34)19-6-4-8-23(31-19)30-18-5-3-7-21-24(18)20(35)13-22(37-21)26(36)28-10-12-33-11-9-17(27)14-33/h3-8,13,15-17H,9-12,14H2,1-2H3,(H,28,36)(H,30,31). The maximum absolute atomic E-state index is 13.3. The lowest BCUT2D eigenvalue weighted by atomic mass is 10.1. The molecule has 37 heavy (non-hydrogen) atoms. The Hall–Kier alpha value is -4.12. The minimum Gasteiger partial charge on any atom is -0.451 e. The summed E-state index contributed by atoms with van der Waals surface area (Å²) in [5.41, 5.74) is 1.06. The number of benzene rings is 1. The van der Waals surface area contributed by atoms with Crippen LogP contribution in [-0.2, 0) is 0 Å². The smallest absolute Gasteiger partial charge is 0.287 e. The number of hydrogen-bond donors (Lipinski definition) is 2. The van der Waals surface area contributed by atoms with E-state index >= 15 is 0 Å². The van der Waals surface area contributed by atoms with E-state index in [-0.39, 0.29) is 22.8 Å². The molecule has 4 heterocycles. The van der Waals surface area contributed by atoms with Crippen LogP contribution in [0.3, 0.4) is 0 Å². The molecule has 1 unspecified atom stereocenters. The molecular formula is C26H28FN7O3. The highest BCUT2D eigenvalue weighted by molar-refractivity contribution is 5.96. The summed E-state index contributed by atoms with van der Waals surface area (Å²) in [7, 11) is 0. The number of carbonyl (C=O) groups is 1. The van der Waals surface area contributed by atoms with Crippen molar-refractivity contribution in [2.24, 2.45) is 0 Å². The fourth-order valence-corrected chi connectivity index (χ4v) is 4.40. The summed E-state index contributed by atoms with van der Waals surface area (Å²) in [6.07, 6.45) is 1.37. The molecule has 1 aromatic carbocycles. The summed E-state index contributed by atoms with van der Waals surface area (Å²) in [4.78, 5) is 32.2. The fourth-order valence-electron chi connectivity index (χ4n) is 4.40. The molecule has 0 radical (unpaired) electrons. The van der Waals surface area contributed by atoms with Gasteiger partial charge in [-0.15, -0.1) is 10.2 Å². The van der Waals surface area contributed by atoms with Gasteiger partial charge in [0.05, 0.1) is 11.1 Å². The fraction of sp³-hybridized carbons (Fsp3) is 0.346. The maximum Gasteiger partial charge on any atom is 0.287 e. The summed E-state index contributed by atoms with van der Waals surface area (Å²) >= 11 is 0.